The number of fused-ring (bicyclic) bond motifs is 3. The molecule has 3 aliphatic rings. The molecule has 230 valence electrons. The van der Waals surface area contributed by atoms with Crippen LogP contribution in [0.3, 0.4) is 0 Å². The molecule has 2 aromatic heterocycles. The number of hydrogen-bond donors (Lipinski definition) is 1. The van der Waals surface area contributed by atoms with E-state index in [2.05, 4.69) is 26.4 Å². The van der Waals surface area contributed by atoms with Crippen LogP contribution in [0.1, 0.15) is 32.6 Å². The number of likely N-dealkylation sites (tertiary alicyclic amines) is 1. The maximum Gasteiger partial charge on any atom is 0.320 e. The van der Waals surface area contributed by atoms with Gasteiger partial charge < -0.3 is 20.1 Å². The summed E-state index contributed by atoms with van der Waals surface area (Å²) in [4.78, 5) is 29.4. The van der Waals surface area contributed by atoms with E-state index in [4.69, 9.17) is 15.2 Å². The topological polar surface area (TPSA) is 107 Å². The molecule has 44 heavy (non-hydrogen) atoms. The average Bonchev–Trinajstić information content (AvgIpc) is 3.75. The number of carbonyl (C=O) groups excluding carboxylic acids is 1. The van der Waals surface area contributed by atoms with Gasteiger partial charge in [-0.3, -0.25) is 9.69 Å². The lowest BCUT2D eigenvalue weighted by Gasteiger charge is -2.30. The lowest BCUT2D eigenvalue weighted by molar-refractivity contribution is -0.127. The lowest BCUT2D eigenvalue weighted by Crippen LogP contribution is -2.43. The van der Waals surface area contributed by atoms with E-state index in [1.54, 1.807) is 17.0 Å². The average molecular weight is 625 g/mol. The molecule has 4 aromatic rings. The predicted molar refractivity (Wildman–Crippen MR) is 161 cm³/mol. The summed E-state index contributed by atoms with van der Waals surface area (Å²) in [5.41, 5.74) is 6.12. The number of aromatic nitrogens is 3. The van der Waals surface area contributed by atoms with Crippen LogP contribution < -0.4 is 15.2 Å². The number of halogens is 3. The van der Waals surface area contributed by atoms with Crippen molar-refractivity contribution in [2.45, 2.75) is 56.5 Å². The third-order valence-electron chi connectivity index (χ3n) is 9.19. The molecule has 2 aromatic carbocycles. The largest absolute Gasteiger partial charge is 0.471 e. The fourth-order valence-corrected chi connectivity index (χ4v) is 7.74. The third kappa shape index (κ3) is 4.73. The number of thiazole rings is 1. The van der Waals surface area contributed by atoms with Gasteiger partial charge in [0, 0.05) is 37.1 Å². The molecule has 7 rings (SSSR count). The molecule has 4 atom stereocenters. The zero-order valence-electron chi connectivity index (χ0n) is 24.1. The first-order valence-electron chi connectivity index (χ1n) is 14.6. The van der Waals surface area contributed by atoms with E-state index in [1.165, 1.54) is 18.2 Å². The molecule has 4 unspecified atom stereocenters. The Morgan fingerprint density at radius 2 is 2.00 bits per heavy atom. The monoisotopic (exact) mass is 624 g/mol. The minimum atomic E-state index is -0.937. The van der Waals surface area contributed by atoms with Gasteiger partial charge in [0.25, 0.3) is 0 Å². The molecular weight excluding hydrogens is 593 g/mol. The van der Waals surface area contributed by atoms with Crippen molar-refractivity contribution in [1.29, 1.82) is 0 Å². The molecular formula is C31H31F3N6O3S. The highest BCUT2D eigenvalue weighted by Gasteiger charge is 2.49. The highest BCUT2D eigenvalue weighted by Crippen LogP contribution is 2.42. The van der Waals surface area contributed by atoms with Gasteiger partial charge in [0.15, 0.2) is 10.9 Å². The second-order valence-corrected chi connectivity index (χ2v) is 12.8. The minimum Gasteiger partial charge on any atom is -0.471 e. The molecule has 3 fully saturated rings. The van der Waals surface area contributed by atoms with Crippen molar-refractivity contribution in [2.75, 3.05) is 32.0 Å². The normalized spacial score (nSPS) is 25.2. The van der Waals surface area contributed by atoms with Gasteiger partial charge in [-0.15, -0.1) is 0 Å². The maximum atomic E-state index is 16.5. The number of nitrogens with two attached hydrogens (primary N) is 1. The third-order valence-corrected chi connectivity index (χ3v) is 10.1. The Kier molecular flexibility index (Phi) is 7.12. The molecule has 3 saturated heterocycles. The number of benzene rings is 2. The standard InChI is InChI=1S/C31H31F3N6O3S/c1-3-23(41)40-12-9-22(16(40)2)43-28-20-6-5-18(19-7-8-21(33)27-26(19)36-29(35)44-27)24(34)25(20)37-30(38-28)42-15-31-10-4-11-39(31)14-17(32)13-31/h3,5-8,16-17,22H,1,4,9-15H2,2H3,(H2,35,36). The molecule has 0 bridgehead atoms. The van der Waals surface area contributed by atoms with Crippen molar-refractivity contribution in [1.82, 2.24) is 24.8 Å². The number of nitrogens with zero attached hydrogens (tertiary/aromatic N) is 5. The molecule has 2 N–H and O–H groups in total. The second kappa shape index (κ2) is 10.9. The van der Waals surface area contributed by atoms with Crippen molar-refractivity contribution in [2.24, 2.45) is 0 Å². The summed E-state index contributed by atoms with van der Waals surface area (Å²) in [7, 11) is 0. The van der Waals surface area contributed by atoms with Gasteiger partial charge in [0.1, 0.15) is 30.2 Å². The van der Waals surface area contributed by atoms with Crippen molar-refractivity contribution in [3.05, 3.63) is 48.6 Å². The van der Waals surface area contributed by atoms with Gasteiger partial charge in [-0.05, 0) is 50.6 Å². The van der Waals surface area contributed by atoms with Crippen LogP contribution in [-0.2, 0) is 4.79 Å². The first kappa shape index (κ1) is 28.8. The maximum absolute atomic E-state index is 16.5. The van der Waals surface area contributed by atoms with Crippen molar-refractivity contribution in [3.63, 3.8) is 0 Å². The molecule has 5 heterocycles. The van der Waals surface area contributed by atoms with Crippen molar-refractivity contribution >= 4 is 43.5 Å². The highest BCUT2D eigenvalue weighted by atomic mass is 32.1. The number of hydrogen-bond acceptors (Lipinski definition) is 9. The van der Waals surface area contributed by atoms with E-state index in [-0.39, 0.29) is 56.9 Å². The van der Waals surface area contributed by atoms with E-state index < -0.39 is 29.4 Å². The van der Waals surface area contributed by atoms with E-state index in [1.807, 2.05) is 6.92 Å². The van der Waals surface area contributed by atoms with Gasteiger partial charge in [-0.2, -0.15) is 9.97 Å². The Labute approximate surface area is 255 Å². The Bertz CT molecular complexity index is 1800. The number of carbonyl (C=O) groups is 1. The van der Waals surface area contributed by atoms with Crippen molar-refractivity contribution in [3.8, 4) is 23.0 Å². The van der Waals surface area contributed by atoms with Gasteiger partial charge in [-0.25, -0.2) is 18.2 Å². The number of ether oxygens (including phenoxy) is 2. The van der Waals surface area contributed by atoms with Crippen LogP contribution in [0.5, 0.6) is 11.9 Å². The van der Waals surface area contributed by atoms with Crippen LogP contribution in [0.4, 0.5) is 18.3 Å². The zero-order chi connectivity index (χ0) is 30.7. The van der Waals surface area contributed by atoms with Gasteiger partial charge in [0.05, 0.1) is 27.2 Å². The smallest absolute Gasteiger partial charge is 0.320 e. The summed E-state index contributed by atoms with van der Waals surface area (Å²) in [6.45, 7) is 7.23. The summed E-state index contributed by atoms with van der Waals surface area (Å²) in [6.07, 6.45) is 2.52. The van der Waals surface area contributed by atoms with Crippen molar-refractivity contribution < 1.29 is 27.4 Å². The number of anilines is 1. The fraction of sp³-hybridized carbons (Fsp3) is 0.419. The summed E-state index contributed by atoms with van der Waals surface area (Å²) >= 11 is 0.988. The van der Waals surface area contributed by atoms with Gasteiger partial charge in [-0.1, -0.05) is 24.0 Å². The predicted octanol–water partition coefficient (Wildman–Crippen LogP) is 5.28. The highest BCUT2D eigenvalue weighted by molar-refractivity contribution is 7.22. The zero-order valence-corrected chi connectivity index (χ0v) is 24.9. The molecule has 13 heteroatoms. The fourth-order valence-electron chi connectivity index (χ4n) is 6.97. The van der Waals surface area contributed by atoms with Crippen LogP contribution in [0, 0.1) is 11.6 Å². The van der Waals surface area contributed by atoms with E-state index in [9.17, 15) is 13.6 Å². The van der Waals surface area contributed by atoms with Crippen LogP contribution >= 0.6 is 11.3 Å². The van der Waals surface area contributed by atoms with Crippen LogP contribution in [0.25, 0.3) is 32.2 Å². The molecule has 0 radical (unpaired) electrons. The Morgan fingerprint density at radius 3 is 2.82 bits per heavy atom. The molecule has 0 spiro atoms. The Morgan fingerprint density at radius 1 is 1.18 bits per heavy atom. The van der Waals surface area contributed by atoms with E-state index >= 15 is 4.39 Å². The number of rotatable bonds is 7. The van der Waals surface area contributed by atoms with E-state index in [0.29, 0.717) is 36.9 Å². The summed E-state index contributed by atoms with van der Waals surface area (Å²) < 4.78 is 58.1. The van der Waals surface area contributed by atoms with Gasteiger partial charge in [0.2, 0.25) is 11.8 Å². The minimum absolute atomic E-state index is 0.0524. The second-order valence-electron chi connectivity index (χ2n) is 11.7. The van der Waals surface area contributed by atoms with Crippen LogP contribution in [0.15, 0.2) is 36.9 Å². The number of alkyl halides is 1. The van der Waals surface area contributed by atoms with E-state index in [0.717, 1.165) is 30.7 Å². The Hall–Kier alpha value is -3.97. The summed E-state index contributed by atoms with van der Waals surface area (Å²) in [5, 5.41) is 0.472. The molecule has 3 aliphatic heterocycles. The lowest BCUT2D eigenvalue weighted by atomic mass is 9.95. The molecule has 9 nitrogen and oxygen atoms in total. The SMILES string of the molecule is C=CC(=O)N1CCC(Oc2nc(OCC34CCCN3CC(F)C4)nc3c(F)c(-c4ccc(F)c5sc(N)nc45)ccc23)C1C. The summed E-state index contributed by atoms with van der Waals surface area (Å²) in [5.74, 6) is -1.28. The van der Waals surface area contributed by atoms with Crippen LogP contribution in [-0.4, -0.2) is 80.8 Å². The van der Waals surface area contributed by atoms with Crippen LogP contribution in [0.2, 0.25) is 0 Å². The molecule has 0 aliphatic carbocycles. The molecule has 1 amide bonds. The first-order valence-corrected chi connectivity index (χ1v) is 15.5. The summed E-state index contributed by atoms with van der Waals surface area (Å²) in [6, 6.07) is 5.53. The quantitative estimate of drug-likeness (QED) is 0.277. The Balaban J connectivity index is 1.30. The van der Waals surface area contributed by atoms with Gasteiger partial charge >= 0.3 is 6.01 Å². The number of amides is 1. The molecule has 0 saturated carbocycles. The first-order chi connectivity index (χ1) is 21.2. The number of nitrogen functional groups attached to an aromatic ring is 1.